The van der Waals surface area contributed by atoms with Gasteiger partial charge in [-0.3, -0.25) is 4.79 Å². The molecular formula is C20H22ClN5OS. The number of nitrogens with one attached hydrogen (secondary N) is 1. The predicted octanol–water partition coefficient (Wildman–Crippen LogP) is 3.97. The van der Waals surface area contributed by atoms with Crippen molar-refractivity contribution in [2.75, 3.05) is 43.4 Å². The molecule has 1 aliphatic rings. The summed E-state index contributed by atoms with van der Waals surface area (Å²) in [5, 5.41) is 4.41. The van der Waals surface area contributed by atoms with Crippen LogP contribution in [0.1, 0.15) is 21.1 Å². The number of carbonyl (C=O) groups excluding carboxylic acids is 1. The molecule has 0 bridgehead atoms. The van der Waals surface area contributed by atoms with E-state index in [0.29, 0.717) is 15.6 Å². The molecule has 2 aromatic heterocycles. The molecule has 0 aliphatic carbocycles. The lowest BCUT2D eigenvalue weighted by Gasteiger charge is -2.33. The van der Waals surface area contributed by atoms with Crippen LogP contribution in [0.5, 0.6) is 0 Å². The second kappa shape index (κ2) is 7.66. The average molecular weight is 416 g/mol. The standard InChI is InChI=1S/C20H22ClN5OS/c1-12-16-18(26-10-8-25(3)9-11-26)22-13(2)23-20(16)28-17(12)19(27)24-15-7-5-4-6-14(15)21/h4-7H,8-11H2,1-3H3,(H,24,27). The highest BCUT2D eigenvalue weighted by atomic mass is 35.5. The summed E-state index contributed by atoms with van der Waals surface area (Å²) in [7, 11) is 2.13. The molecule has 28 heavy (non-hydrogen) atoms. The van der Waals surface area contributed by atoms with Gasteiger partial charge in [0.25, 0.3) is 5.91 Å². The third-order valence-corrected chi connectivity index (χ3v) is 6.53. The zero-order valence-corrected chi connectivity index (χ0v) is 17.7. The lowest BCUT2D eigenvalue weighted by atomic mass is 10.1. The van der Waals surface area contributed by atoms with Crippen molar-refractivity contribution in [3.8, 4) is 0 Å². The molecule has 0 atom stereocenters. The van der Waals surface area contributed by atoms with Crippen LogP contribution in [0.4, 0.5) is 11.5 Å². The van der Waals surface area contributed by atoms with Gasteiger partial charge in [0.15, 0.2) is 0 Å². The molecule has 0 unspecified atom stereocenters. The zero-order chi connectivity index (χ0) is 19.8. The zero-order valence-electron chi connectivity index (χ0n) is 16.1. The fourth-order valence-electron chi connectivity index (χ4n) is 3.43. The summed E-state index contributed by atoms with van der Waals surface area (Å²) in [6.45, 7) is 7.69. The first-order valence-electron chi connectivity index (χ1n) is 9.21. The first-order chi connectivity index (χ1) is 13.4. The quantitative estimate of drug-likeness (QED) is 0.701. The largest absolute Gasteiger partial charge is 0.353 e. The van der Waals surface area contributed by atoms with Crippen molar-refractivity contribution in [1.29, 1.82) is 0 Å². The third kappa shape index (κ3) is 3.57. The summed E-state index contributed by atoms with van der Waals surface area (Å²) in [5.41, 5.74) is 1.52. The Morgan fingerprint density at radius 3 is 2.57 bits per heavy atom. The van der Waals surface area contributed by atoms with Crippen molar-refractivity contribution >= 4 is 50.6 Å². The highest BCUT2D eigenvalue weighted by Gasteiger charge is 2.24. The molecule has 6 nitrogen and oxygen atoms in total. The van der Waals surface area contributed by atoms with Gasteiger partial charge in [-0.15, -0.1) is 11.3 Å². The first-order valence-corrected chi connectivity index (χ1v) is 10.4. The number of hydrogen-bond acceptors (Lipinski definition) is 6. The SMILES string of the molecule is Cc1nc(N2CCN(C)CC2)c2c(C)c(C(=O)Nc3ccccc3Cl)sc2n1. The number of nitrogens with zero attached hydrogens (tertiary/aromatic N) is 4. The first kappa shape index (κ1) is 19.1. The summed E-state index contributed by atoms with van der Waals surface area (Å²) in [6.07, 6.45) is 0. The molecule has 1 aromatic carbocycles. The van der Waals surface area contributed by atoms with Crippen LogP contribution < -0.4 is 10.2 Å². The number of benzene rings is 1. The Bertz CT molecular complexity index is 1040. The summed E-state index contributed by atoms with van der Waals surface area (Å²) < 4.78 is 0. The molecule has 0 spiro atoms. The molecule has 3 heterocycles. The van der Waals surface area contributed by atoms with Crippen molar-refractivity contribution in [3.05, 3.63) is 45.6 Å². The van der Waals surface area contributed by atoms with Crippen molar-refractivity contribution in [2.45, 2.75) is 13.8 Å². The van der Waals surface area contributed by atoms with Gasteiger partial charge < -0.3 is 15.1 Å². The van der Waals surface area contributed by atoms with Crippen molar-refractivity contribution in [1.82, 2.24) is 14.9 Å². The maximum Gasteiger partial charge on any atom is 0.266 e. The second-order valence-electron chi connectivity index (χ2n) is 7.06. The summed E-state index contributed by atoms with van der Waals surface area (Å²) in [6, 6.07) is 7.24. The van der Waals surface area contributed by atoms with Crippen LogP contribution in [-0.2, 0) is 0 Å². The Morgan fingerprint density at radius 1 is 1.14 bits per heavy atom. The fourth-order valence-corrected chi connectivity index (χ4v) is 4.73. The molecule has 1 saturated heterocycles. The van der Waals surface area contributed by atoms with Crippen LogP contribution in [0.3, 0.4) is 0 Å². The molecule has 0 radical (unpaired) electrons. The van der Waals surface area contributed by atoms with Gasteiger partial charge in [0.05, 0.1) is 21.0 Å². The lowest BCUT2D eigenvalue weighted by molar-refractivity contribution is 0.103. The highest BCUT2D eigenvalue weighted by Crippen LogP contribution is 2.36. The number of likely N-dealkylation sites (N-methyl/N-ethyl adjacent to an activating group) is 1. The Morgan fingerprint density at radius 2 is 1.86 bits per heavy atom. The molecule has 0 saturated carbocycles. The van der Waals surface area contributed by atoms with E-state index >= 15 is 0 Å². The number of aromatic nitrogens is 2. The minimum Gasteiger partial charge on any atom is -0.353 e. The average Bonchev–Trinajstić information content (AvgIpc) is 3.00. The Kier molecular flexibility index (Phi) is 5.23. The van der Waals surface area contributed by atoms with E-state index in [1.807, 2.05) is 26.0 Å². The number of aryl methyl sites for hydroxylation is 2. The number of hydrogen-bond donors (Lipinski definition) is 1. The molecule has 3 aromatic rings. The van der Waals surface area contributed by atoms with Crippen LogP contribution in [0, 0.1) is 13.8 Å². The van der Waals surface area contributed by atoms with E-state index in [0.717, 1.165) is 53.6 Å². The van der Waals surface area contributed by atoms with Gasteiger partial charge in [-0.05, 0) is 38.6 Å². The van der Waals surface area contributed by atoms with Crippen LogP contribution in [0.15, 0.2) is 24.3 Å². The second-order valence-corrected chi connectivity index (χ2v) is 8.46. The number of rotatable bonds is 3. The molecular weight excluding hydrogens is 394 g/mol. The normalized spacial score (nSPS) is 15.2. The third-order valence-electron chi connectivity index (χ3n) is 5.01. The number of amides is 1. The van der Waals surface area contributed by atoms with Gasteiger partial charge in [0, 0.05) is 26.2 Å². The molecule has 8 heteroatoms. The number of carbonyl (C=O) groups is 1. The van der Waals surface area contributed by atoms with Gasteiger partial charge in [-0.1, -0.05) is 23.7 Å². The maximum absolute atomic E-state index is 12.9. The van der Waals surface area contributed by atoms with E-state index in [2.05, 4.69) is 27.1 Å². The predicted molar refractivity (Wildman–Crippen MR) is 116 cm³/mol. The molecule has 1 N–H and O–H groups in total. The van der Waals surface area contributed by atoms with E-state index in [4.69, 9.17) is 16.6 Å². The number of anilines is 2. The Hall–Kier alpha value is -2.22. The Balaban J connectivity index is 1.73. The topological polar surface area (TPSA) is 61.4 Å². The van der Waals surface area contributed by atoms with Gasteiger partial charge in [-0.25, -0.2) is 9.97 Å². The number of halogens is 1. The minimum absolute atomic E-state index is 0.171. The van der Waals surface area contributed by atoms with E-state index < -0.39 is 0 Å². The number of piperazine rings is 1. The number of thiophene rings is 1. The number of fused-ring (bicyclic) bond motifs is 1. The molecule has 4 rings (SSSR count). The van der Waals surface area contributed by atoms with E-state index in [-0.39, 0.29) is 5.91 Å². The van der Waals surface area contributed by atoms with E-state index in [9.17, 15) is 4.79 Å². The molecule has 1 fully saturated rings. The fraction of sp³-hybridized carbons (Fsp3) is 0.350. The minimum atomic E-state index is -0.171. The lowest BCUT2D eigenvalue weighted by Crippen LogP contribution is -2.45. The summed E-state index contributed by atoms with van der Waals surface area (Å²) in [4.78, 5) is 28.4. The summed E-state index contributed by atoms with van der Waals surface area (Å²) >= 11 is 7.60. The maximum atomic E-state index is 12.9. The van der Waals surface area contributed by atoms with Gasteiger partial charge >= 0.3 is 0 Å². The van der Waals surface area contributed by atoms with Crippen molar-refractivity contribution in [2.24, 2.45) is 0 Å². The van der Waals surface area contributed by atoms with Crippen molar-refractivity contribution < 1.29 is 4.79 Å². The van der Waals surface area contributed by atoms with Gasteiger partial charge in [-0.2, -0.15) is 0 Å². The molecule has 1 aliphatic heterocycles. The van der Waals surface area contributed by atoms with Crippen LogP contribution in [-0.4, -0.2) is 54.0 Å². The summed E-state index contributed by atoms with van der Waals surface area (Å²) in [5.74, 6) is 1.48. The van der Waals surface area contributed by atoms with Gasteiger partial charge in [0.1, 0.15) is 16.5 Å². The van der Waals surface area contributed by atoms with E-state index in [1.165, 1.54) is 11.3 Å². The molecule has 1 amide bonds. The monoisotopic (exact) mass is 415 g/mol. The van der Waals surface area contributed by atoms with E-state index in [1.54, 1.807) is 12.1 Å². The molecule has 146 valence electrons. The van der Waals surface area contributed by atoms with Crippen LogP contribution >= 0.6 is 22.9 Å². The number of para-hydroxylation sites is 1. The van der Waals surface area contributed by atoms with Crippen molar-refractivity contribution in [3.63, 3.8) is 0 Å². The smallest absolute Gasteiger partial charge is 0.266 e. The van der Waals surface area contributed by atoms with Crippen LogP contribution in [0.2, 0.25) is 5.02 Å². The Labute approximate surface area is 173 Å². The van der Waals surface area contributed by atoms with Crippen LogP contribution in [0.25, 0.3) is 10.2 Å². The highest BCUT2D eigenvalue weighted by molar-refractivity contribution is 7.20. The van der Waals surface area contributed by atoms with Gasteiger partial charge in [0.2, 0.25) is 0 Å².